The molecule has 2 amide bonds. The molecule has 0 spiro atoms. The van der Waals surface area contributed by atoms with E-state index in [0.717, 1.165) is 116 Å². The first-order valence-electron chi connectivity index (χ1n) is 36.8. The molecule has 10 heteroatoms. The van der Waals surface area contributed by atoms with E-state index in [0.29, 0.717) is 45.2 Å². The number of esters is 3. The van der Waals surface area contributed by atoms with Crippen LogP contribution >= 0.6 is 0 Å². The van der Waals surface area contributed by atoms with Crippen LogP contribution < -0.4 is 10.6 Å². The van der Waals surface area contributed by atoms with Crippen LogP contribution in [0.25, 0.3) is 0 Å². The van der Waals surface area contributed by atoms with Crippen LogP contribution in [0.4, 0.5) is 0 Å². The Balaban J connectivity index is 4.13. The lowest BCUT2D eigenvalue weighted by atomic mass is 10.0. The molecule has 1 unspecified atom stereocenters. The summed E-state index contributed by atoms with van der Waals surface area (Å²) in [6, 6.07) is 0. The molecule has 496 valence electrons. The predicted molar refractivity (Wildman–Crippen MR) is 361 cm³/mol. The Kier molecular flexibility index (Phi) is 66.9. The third-order valence-electron chi connectivity index (χ3n) is 16.4. The summed E-state index contributed by atoms with van der Waals surface area (Å²) in [6.07, 6.45) is 75.7. The zero-order chi connectivity index (χ0) is 61.7. The molecule has 0 saturated carbocycles. The number of ether oxygens (including phenoxy) is 3. The maximum Gasteiger partial charge on any atom is 0.306 e. The molecule has 2 N–H and O–H groups in total. The number of nitrogens with one attached hydrogen (secondary N) is 2. The fourth-order valence-corrected chi connectivity index (χ4v) is 10.8. The van der Waals surface area contributed by atoms with E-state index in [4.69, 9.17) is 14.2 Å². The Morgan fingerprint density at radius 2 is 0.529 bits per heavy atom. The van der Waals surface area contributed by atoms with E-state index in [2.05, 4.69) is 67.9 Å². The third-order valence-corrected chi connectivity index (χ3v) is 16.4. The van der Waals surface area contributed by atoms with Crippen molar-refractivity contribution in [3.63, 3.8) is 0 Å². The average molecular weight is 1200 g/mol. The molecule has 0 bridgehead atoms. The van der Waals surface area contributed by atoms with Crippen molar-refractivity contribution in [3.8, 4) is 0 Å². The molecular formula is C75H138N2O8. The van der Waals surface area contributed by atoms with Gasteiger partial charge in [-0.15, -0.1) is 0 Å². The molecule has 0 aliphatic carbocycles. The highest BCUT2D eigenvalue weighted by Gasteiger charge is 2.20. The standard InChI is InChI=1S/C75H138N2O8/c1-4-7-10-13-16-19-22-25-28-31-36-41-46-51-56-61-71(78)76-66-67-77-72(79)62-57-52-47-42-37-32-30-35-39-44-49-54-59-64-74(81)84-69-70(85-75(82)65-60-55-50-45-40-33-27-24-21-18-15-12-9-6-3)68-83-73(80)63-58-53-48-43-38-34-29-26-23-20-17-14-11-8-5-2/h15,18,24-25,27-28,70H,4-14,16-17,19-23,26,29-69H2,1-3H3,(H,76,78)(H,77,79). The van der Waals surface area contributed by atoms with Crippen molar-refractivity contribution >= 4 is 29.7 Å². The smallest absolute Gasteiger partial charge is 0.306 e. The second kappa shape index (κ2) is 69.7. The van der Waals surface area contributed by atoms with Gasteiger partial charge in [-0.05, 0) is 83.5 Å². The predicted octanol–water partition coefficient (Wildman–Crippen LogP) is 21.8. The van der Waals surface area contributed by atoms with Crippen molar-refractivity contribution in [2.45, 2.75) is 386 Å². The van der Waals surface area contributed by atoms with E-state index in [1.165, 1.54) is 212 Å². The van der Waals surface area contributed by atoms with E-state index < -0.39 is 6.10 Å². The molecule has 0 aliphatic heterocycles. The lowest BCUT2D eigenvalue weighted by molar-refractivity contribution is -0.167. The molecule has 0 heterocycles. The molecule has 0 aliphatic rings. The summed E-state index contributed by atoms with van der Waals surface area (Å²) in [5, 5.41) is 5.91. The summed E-state index contributed by atoms with van der Waals surface area (Å²) < 4.78 is 16.9. The second-order valence-electron chi connectivity index (χ2n) is 24.9. The summed E-state index contributed by atoms with van der Waals surface area (Å²) in [5.74, 6) is -0.765. The van der Waals surface area contributed by atoms with E-state index >= 15 is 0 Å². The highest BCUT2D eigenvalue weighted by molar-refractivity contribution is 5.77. The van der Waals surface area contributed by atoms with Crippen LogP contribution in [0.15, 0.2) is 36.5 Å². The molecule has 0 aromatic heterocycles. The molecule has 85 heavy (non-hydrogen) atoms. The van der Waals surface area contributed by atoms with Crippen molar-refractivity contribution in [2.75, 3.05) is 26.3 Å². The zero-order valence-electron chi connectivity index (χ0n) is 56.2. The van der Waals surface area contributed by atoms with Crippen LogP contribution in [0.2, 0.25) is 0 Å². The first kappa shape index (κ1) is 81.6. The molecule has 0 rings (SSSR count). The number of rotatable bonds is 68. The molecule has 0 aromatic rings. The Bertz CT molecular complexity index is 1560. The van der Waals surface area contributed by atoms with Gasteiger partial charge in [-0.1, -0.05) is 301 Å². The molecule has 0 aromatic carbocycles. The van der Waals surface area contributed by atoms with Crippen molar-refractivity contribution in [1.82, 2.24) is 10.6 Å². The van der Waals surface area contributed by atoms with Gasteiger partial charge >= 0.3 is 17.9 Å². The zero-order valence-corrected chi connectivity index (χ0v) is 56.2. The van der Waals surface area contributed by atoms with E-state index in [1.807, 2.05) is 0 Å². The van der Waals surface area contributed by atoms with Crippen LogP contribution in [0.3, 0.4) is 0 Å². The van der Waals surface area contributed by atoms with Gasteiger partial charge in [0.25, 0.3) is 0 Å². The summed E-state index contributed by atoms with van der Waals surface area (Å²) in [7, 11) is 0. The monoisotopic (exact) mass is 1200 g/mol. The summed E-state index contributed by atoms with van der Waals surface area (Å²) >= 11 is 0. The highest BCUT2D eigenvalue weighted by Crippen LogP contribution is 2.18. The van der Waals surface area contributed by atoms with Gasteiger partial charge in [0.05, 0.1) is 0 Å². The minimum atomic E-state index is -0.802. The Morgan fingerprint density at radius 3 is 0.847 bits per heavy atom. The van der Waals surface area contributed by atoms with Crippen molar-refractivity contribution < 1.29 is 38.2 Å². The number of carbonyl (C=O) groups excluding carboxylic acids is 5. The molecule has 10 nitrogen and oxygen atoms in total. The summed E-state index contributed by atoms with van der Waals surface area (Å²) in [6.45, 7) is 7.55. The average Bonchev–Trinajstić information content (AvgIpc) is 3.50. The quantitative estimate of drug-likeness (QED) is 0.0266. The lowest BCUT2D eigenvalue weighted by Gasteiger charge is -2.18. The maximum absolute atomic E-state index is 12.9. The SMILES string of the molecule is CCCCC=CCC=CCCCCCCCC(=O)OC(COC(=O)CCCCCCCCCCCCCCCCC)COC(=O)CCCCCCCCCCCCCCCC(=O)NCCNC(=O)CCCCCCCC=CCCCCCCCC. The topological polar surface area (TPSA) is 137 Å². The first-order valence-corrected chi connectivity index (χ1v) is 36.8. The lowest BCUT2D eigenvalue weighted by Crippen LogP contribution is -2.34. The maximum atomic E-state index is 12.9. The molecular weight excluding hydrogens is 1060 g/mol. The molecule has 0 saturated heterocycles. The van der Waals surface area contributed by atoms with Gasteiger partial charge in [0.2, 0.25) is 11.8 Å². The fraction of sp³-hybridized carbons (Fsp3) is 0.853. The van der Waals surface area contributed by atoms with Crippen LogP contribution in [0.1, 0.15) is 380 Å². The van der Waals surface area contributed by atoms with Gasteiger partial charge < -0.3 is 24.8 Å². The van der Waals surface area contributed by atoms with Gasteiger partial charge in [-0.25, -0.2) is 0 Å². The third kappa shape index (κ3) is 67.9. The van der Waals surface area contributed by atoms with Gasteiger partial charge in [0, 0.05) is 45.2 Å². The van der Waals surface area contributed by atoms with E-state index in [9.17, 15) is 24.0 Å². The van der Waals surface area contributed by atoms with Crippen LogP contribution in [-0.4, -0.2) is 62.1 Å². The number of amides is 2. The van der Waals surface area contributed by atoms with Gasteiger partial charge in [-0.3, -0.25) is 24.0 Å². The second-order valence-corrected chi connectivity index (χ2v) is 24.9. The van der Waals surface area contributed by atoms with Crippen molar-refractivity contribution in [1.29, 1.82) is 0 Å². The number of unbranched alkanes of at least 4 members (excludes halogenated alkanes) is 44. The van der Waals surface area contributed by atoms with Crippen molar-refractivity contribution in [2.24, 2.45) is 0 Å². The molecule has 0 fully saturated rings. The summed E-state index contributed by atoms with van der Waals surface area (Å²) in [5.41, 5.74) is 0. The normalized spacial score (nSPS) is 12.0. The van der Waals surface area contributed by atoms with Gasteiger partial charge in [0.1, 0.15) is 13.2 Å². The van der Waals surface area contributed by atoms with Crippen LogP contribution in [0.5, 0.6) is 0 Å². The highest BCUT2D eigenvalue weighted by atomic mass is 16.6. The van der Waals surface area contributed by atoms with Crippen molar-refractivity contribution in [3.05, 3.63) is 36.5 Å². The molecule has 1 atom stereocenters. The minimum Gasteiger partial charge on any atom is -0.462 e. The number of carbonyl (C=O) groups is 5. The Morgan fingerprint density at radius 1 is 0.282 bits per heavy atom. The van der Waals surface area contributed by atoms with Crippen LogP contribution in [-0.2, 0) is 38.2 Å². The summed E-state index contributed by atoms with van der Waals surface area (Å²) in [4.78, 5) is 62.8. The number of hydrogen-bond donors (Lipinski definition) is 2. The van der Waals surface area contributed by atoms with E-state index in [1.54, 1.807) is 0 Å². The molecule has 0 radical (unpaired) electrons. The first-order chi connectivity index (χ1) is 41.8. The van der Waals surface area contributed by atoms with E-state index in [-0.39, 0.29) is 42.9 Å². The minimum absolute atomic E-state index is 0.0776. The largest absolute Gasteiger partial charge is 0.462 e. The Labute approximate surface area is 525 Å². The number of hydrogen-bond acceptors (Lipinski definition) is 8. The van der Waals surface area contributed by atoms with Gasteiger partial charge in [-0.2, -0.15) is 0 Å². The fourth-order valence-electron chi connectivity index (χ4n) is 10.8. The van der Waals surface area contributed by atoms with Gasteiger partial charge in [0.15, 0.2) is 6.10 Å². The van der Waals surface area contributed by atoms with Crippen LogP contribution in [0, 0.1) is 0 Å². The Hall–Kier alpha value is -3.43. The number of allylic oxidation sites excluding steroid dienone is 6.